The Morgan fingerprint density at radius 3 is 2.48 bits per heavy atom. The predicted octanol–water partition coefficient (Wildman–Crippen LogP) is 3.88. The number of carbonyl (C=O) groups excluding carboxylic acids is 2. The third-order valence-electron chi connectivity index (χ3n) is 3.91. The molecule has 0 unspecified atom stereocenters. The number of anilines is 2. The standard InChI is InChI=1S/C19H20Cl2N2O5S/c1-4-28-19(25)13-9-8-12(2)15(10-13)22-17(24)11-23(29(3,26)27)16-7-5-6-14(20)18(16)21/h5-10H,4,11H2,1-3H3,(H,22,24). The molecule has 0 heterocycles. The summed E-state index contributed by atoms with van der Waals surface area (Å²) in [5.41, 5.74) is 1.42. The van der Waals surface area contributed by atoms with Crippen LogP contribution in [0.1, 0.15) is 22.8 Å². The third-order valence-corrected chi connectivity index (χ3v) is 5.85. The first-order chi connectivity index (χ1) is 13.5. The van der Waals surface area contributed by atoms with E-state index in [0.717, 1.165) is 10.6 Å². The first kappa shape index (κ1) is 23.0. The van der Waals surface area contributed by atoms with Crippen molar-refractivity contribution in [2.24, 2.45) is 0 Å². The van der Waals surface area contributed by atoms with Gasteiger partial charge in [-0.1, -0.05) is 35.3 Å². The van der Waals surface area contributed by atoms with Crippen molar-refractivity contribution in [1.82, 2.24) is 0 Å². The monoisotopic (exact) mass is 458 g/mol. The number of benzene rings is 2. The van der Waals surface area contributed by atoms with E-state index in [1.807, 2.05) is 0 Å². The fourth-order valence-electron chi connectivity index (χ4n) is 2.48. The summed E-state index contributed by atoms with van der Waals surface area (Å²) in [6.07, 6.45) is 0.962. The van der Waals surface area contributed by atoms with Gasteiger partial charge in [-0.15, -0.1) is 0 Å². The number of halogens is 2. The maximum Gasteiger partial charge on any atom is 0.338 e. The minimum absolute atomic E-state index is 0.0212. The van der Waals surface area contributed by atoms with Gasteiger partial charge in [0.15, 0.2) is 0 Å². The SMILES string of the molecule is CCOC(=O)c1ccc(C)c(NC(=O)CN(c2cccc(Cl)c2Cl)S(C)(=O)=O)c1. The van der Waals surface area contributed by atoms with Crippen LogP contribution in [-0.4, -0.2) is 39.7 Å². The number of hydrogen-bond acceptors (Lipinski definition) is 5. The fourth-order valence-corrected chi connectivity index (χ4v) is 3.79. The summed E-state index contributed by atoms with van der Waals surface area (Å²) in [5.74, 6) is -1.14. The number of ether oxygens (including phenoxy) is 1. The van der Waals surface area contributed by atoms with Gasteiger partial charge >= 0.3 is 5.97 Å². The summed E-state index contributed by atoms with van der Waals surface area (Å²) in [6, 6.07) is 9.21. The van der Waals surface area contributed by atoms with Crippen LogP contribution in [-0.2, 0) is 19.6 Å². The van der Waals surface area contributed by atoms with E-state index in [1.54, 1.807) is 26.0 Å². The first-order valence-corrected chi connectivity index (χ1v) is 11.1. The number of nitrogens with zero attached hydrogens (tertiary/aromatic N) is 1. The zero-order valence-electron chi connectivity index (χ0n) is 16.0. The van der Waals surface area contributed by atoms with Crippen molar-refractivity contribution < 1.29 is 22.7 Å². The maximum atomic E-state index is 12.6. The van der Waals surface area contributed by atoms with Gasteiger partial charge in [0.1, 0.15) is 6.54 Å². The van der Waals surface area contributed by atoms with Crippen LogP contribution in [0.25, 0.3) is 0 Å². The lowest BCUT2D eigenvalue weighted by molar-refractivity contribution is -0.114. The molecule has 0 spiro atoms. The van der Waals surface area contributed by atoms with Crippen LogP contribution >= 0.6 is 23.2 Å². The topological polar surface area (TPSA) is 92.8 Å². The van der Waals surface area contributed by atoms with Crippen LogP contribution in [0.2, 0.25) is 10.0 Å². The summed E-state index contributed by atoms with van der Waals surface area (Å²) in [7, 11) is -3.83. The molecule has 2 aromatic carbocycles. The molecule has 1 amide bonds. The molecular weight excluding hydrogens is 439 g/mol. The zero-order chi connectivity index (χ0) is 21.8. The van der Waals surface area contributed by atoms with E-state index in [0.29, 0.717) is 11.3 Å². The van der Waals surface area contributed by atoms with Crippen LogP contribution < -0.4 is 9.62 Å². The Labute approximate surface area is 179 Å². The van der Waals surface area contributed by atoms with Gasteiger partial charge in [0.05, 0.1) is 34.2 Å². The molecule has 0 saturated heterocycles. The number of aryl methyl sites for hydroxylation is 1. The number of carbonyl (C=O) groups is 2. The Bertz CT molecular complexity index is 1040. The number of esters is 1. The smallest absolute Gasteiger partial charge is 0.338 e. The first-order valence-electron chi connectivity index (χ1n) is 8.54. The van der Waals surface area contributed by atoms with Crippen LogP contribution in [0, 0.1) is 6.92 Å². The maximum absolute atomic E-state index is 12.6. The molecule has 0 saturated carbocycles. The highest BCUT2D eigenvalue weighted by Crippen LogP contribution is 2.33. The van der Waals surface area contributed by atoms with Crippen molar-refractivity contribution in [1.29, 1.82) is 0 Å². The quantitative estimate of drug-likeness (QED) is 0.635. The van der Waals surface area contributed by atoms with Gasteiger partial charge in [-0.2, -0.15) is 0 Å². The van der Waals surface area contributed by atoms with Crippen LogP contribution in [0.15, 0.2) is 36.4 Å². The second-order valence-electron chi connectivity index (χ2n) is 6.14. The van der Waals surface area contributed by atoms with Crippen molar-refractivity contribution >= 4 is 56.5 Å². The number of nitrogens with one attached hydrogen (secondary N) is 1. The second kappa shape index (κ2) is 9.47. The molecule has 7 nitrogen and oxygen atoms in total. The molecule has 0 fully saturated rings. The molecule has 0 aliphatic heterocycles. The van der Waals surface area contributed by atoms with Crippen molar-refractivity contribution in [2.75, 3.05) is 29.0 Å². The Kier molecular flexibility index (Phi) is 7.51. The molecule has 1 N–H and O–H groups in total. The Morgan fingerprint density at radius 1 is 1.17 bits per heavy atom. The summed E-state index contributed by atoms with van der Waals surface area (Å²) in [5, 5.41) is 2.81. The van der Waals surface area contributed by atoms with E-state index in [2.05, 4.69) is 5.32 Å². The molecule has 0 atom stereocenters. The summed E-state index contributed by atoms with van der Waals surface area (Å²) < 4.78 is 30.3. The Balaban J connectivity index is 2.29. The molecule has 0 aliphatic rings. The number of sulfonamides is 1. The molecule has 29 heavy (non-hydrogen) atoms. The van der Waals surface area contributed by atoms with Crippen molar-refractivity contribution in [3.05, 3.63) is 57.6 Å². The van der Waals surface area contributed by atoms with E-state index < -0.39 is 28.4 Å². The molecule has 0 bridgehead atoms. The third kappa shape index (κ3) is 5.85. The van der Waals surface area contributed by atoms with Gasteiger partial charge in [0.2, 0.25) is 15.9 Å². The second-order valence-corrected chi connectivity index (χ2v) is 8.83. The fraction of sp³-hybridized carbons (Fsp3) is 0.263. The van der Waals surface area contributed by atoms with Gasteiger partial charge in [0, 0.05) is 5.69 Å². The largest absolute Gasteiger partial charge is 0.462 e. The highest BCUT2D eigenvalue weighted by molar-refractivity contribution is 7.92. The number of amides is 1. The van der Waals surface area contributed by atoms with E-state index >= 15 is 0 Å². The molecule has 2 aromatic rings. The number of hydrogen-bond donors (Lipinski definition) is 1. The van der Waals surface area contributed by atoms with Crippen LogP contribution in [0.5, 0.6) is 0 Å². The number of rotatable bonds is 7. The normalized spacial score (nSPS) is 11.1. The zero-order valence-corrected chi connectivity index (χ0v) is 18.4. The van der Waals surface area contributed by atoms with Gasteiger partial charge < -0.3 is 10.1 Å². The molecule has 156 valence electrons. The molecule has 0 aromatic heterocycles. The van der Waals surface area contributed by atoms with E-state index in [-0.39, 0.29) is 27.9 Å². The van der Waals surface area contributed by atoms with Gasteiger partial charge in [-0.25, -0.2) is 13.2 Å². The minimum Gasteiger partial charge on any atom is -0.462 e. The minimum atomic E-state index is -3.83. The Hall–Kier alpha value is -2.29. The Morgan fingerprint density at radius 2 is 1.86 bits per heavy atom. The van der Waals surface area contributed by atoms with Gasteiger partial charge in [-0.05, 0) is 43.7 Å². The highest BCUT2D eigenvalue weighted by Gasteiger charge is 2.24. The average Bonchev–Trinajstić information content (AvgIpc) is 2.63. The van der Waals surface area contributed by atoms with Gasteiger partial charge in [0.25, 0.3) is 0 Å². The average molecular weight is 459 g/mol. The highest BCUT2D eigenvalue weighted by atomic mass is 35.5. The lowest BCUT2D eigenvalue weighted by Gasteiger charge is -2.23. The van der Waals surface area contributed by atoms with Crippen LogP contribution in [0.3, 0.4) is 0 Å². The molecule has 2 rings (SSSR count). The molecular formula is C19H20Cl2N2O5S. The van der Waals surface area contributed by atoms with E-state index in [4.69, 9.17) is 27.9 Å². The lowest BCUT2D eigenvalue weighted by atomic mass is 10.1. The van der Waals surface area contributed by atoms with Crippen molar-refractivity contribution in [3.8, 4) is 0 Å². The van der Waals surface area contributed by atoms with Crippen molar-refractivity contribution in [3.63, 3.8) is 0 Å². The summed E-state index contributed by atoms with van der Waals surface area (Å²) in [6.45, 7) is 3.13. The molecule has 0 aliphatic carbocycles. The van der Waals surface area contributed by atoms with Gasteiger partial charge in [-0.3, -0.25) is 9.10 Å². The molecule has 0 radical (unpaired) electrons. The van der Waals surface area contributed by atoms with Crippen LogP contribution in [0.4, 0.5) is 11.4 Å². The summed E-state index contributed by atoms with van der Waals surface area (Å²) in [4.78, 5) is 24.5. The summed E-state index contributed by atoms with van der Waals surface area (Å²) >= 11 is 12.1. The molecule has 10 heteroatoms. The predicted molar refractivity (Wildman–Crippen MR) is 114 cm³/mol. The van der Waals surface area contributed by atoms with E-state index in [1.165, 1.54) is 24.3 Å². The van der Waals surface area contributed by atoms with E-state index in [9.17, 15) is 18.0 Å². The lowest BCUT2D eigenvalue weighted by Crippen LogP contribution is -2.37. The van der Waals surface area contributed by atoms with Crippen molar-refractivity contribution in [2.45, 2.75) is 13.8 Å².